The van der Waals surface area contributed by atoms with Gasteiger partial charge < -0.3 is 18.9 Å². The van der Waals surface area contributed by atoms with Crippen LogP contribution >= 0.6 is 0 Å². The van der Waals surface area contributed by atoms with Crippen LogP contribution in [-0.2, 0) is 0 Å². The smallest absolute Gasteiger partial charge is 0.456 e. The Morgan fingerprint density at radius 1 is 0.366 bits per heavy atom. The molecule has 1 aliphatic rings. The zero-order chi connectivity index (χ0) is 63.8. The third-order valence-electron chi connectivity index (χ3n) is 15.2. The molecule has 13 aromatic carbocycles. The molecule has 0 atom stereocenters. The molecule has 15 aromatic rings. The van der Waals surface area contributed by atoms with Crippen LogP contribution in [0.15, 0.2) is 294 Å². The van der Waals surface area contributed by atoms with Gasteiger partial charge in [0.2, 0.25) is 0 Å². The Balaban J connectivity index is 0.000000131. The van der Waals surface area contributed by atoms with E-state index in [1.165, 1.54) is 27.5 Å². The summed E-state index contributed by atoms with van der Waals surface area (Å²) in [5.41, 5.74) is 13.1. The van der Waals surface area contributed by atoms with Gasteiger partial charge in [0.1, 0.15) is 34.5 Å². The highest BCUT2D eigenvalue weighted by atomic mass is 16.4. The predicted molar refractivity (Wildman–Crippen MR) is 345 cm³/mol. The average Bonchev–Trinajstić information content (AvgIpc) is 0.799. The van der Waals surface area contributed by atoms with Gasteiger partial charge in [-0.2, -0.15) is 0 Å². The lowest BCUT2D eigenvalue weighted by Gasteiger charge is -2.17. The van der Waals surface area contributed by atoms with Crippen molar-refractivity contribution in [2.24, 2.45) is 0 Å². The molecule has 0 amide bonds. The first-order valence-electron chi connectivity index (χ1n) is 31.9. The van der Waals surface area contributed by atoms with Crippen LogP contribution in [0.4, 0.5) is 0 Å². The second-order valence-electron chi connectivity index (χ2n) is 20.1. The molecule has 4 nitrogen and oxygen atoms in total. The molecule has 0 radical (unpaired) electrons. The third kappa shape index (κ3) is 9.12. The molecule has 0 unspecified atom stereocenters. The fraction of sp³-hybridized carbons (Fsp3) is 0.0130. The number of fused-ring (bicyclic) bond motifs is 10. The van der Waals surface area contributed by atoms with Gasteiger partial charge >= 0.3 is 7.12 Å². The van der Waals surface area contributed by atoms with E-state index in [0.717, 1.165) is 76.9 Å². The summed E-state index contributed by atoms with van der Waals surface area (Å²) in [5, 5.41) is 30.2. The Morgan fingerprint density at radius 2 is 0.805 bits per heavy atom. The van der Waals surface area contributed by atoms with Crippen LogP contribution in [0.2, 0.25) is 0 Å². The number of furan rings is 2. The van der Waals surface area contributed by atoms with Crippen LogP contribution in [0.1, 0.15) is 24.8 Å². The Hall–Kier alpha value is -10.4. The number of hydrogen-bond acceptors (Lipinski definition) is 4. The second kappa shape index (κ2) is 21.3. The minimum atomic E-state index is -1.72. The molecular weight excluding hydrogens is 1000 g/mol. The zero-order valence-corrected chi connectivity index (χ0v) is 44.2. The fourth-order valence-corrected chi connectivity index (χ4v) is 11.6. The first kappa shape index (κ1) is 39.9. The molecule has 5 heteroatoms. The quantitative estimate of drug-likeness (QED) is 0.0989. The molecule has 0 aliphatic heterocycles. The van der Waals surface area contributed by atoms with Crippen LogP contribution in [-0.4, -0.2) is 17.2 Å². The highest BCUT2D eigenvalue weighted by Crippen LogP contribution is 2.45. The molecule has 0 saturated carbocycles. The van der Waals surface area contributed by atoms with Crippen LogP contribution in [0.25, 0.3) is 137 Å². The van der Waals surface area contributed by atoms with Crippen LogP contribution in [0, 0.1) is 13.0 Å². The normalized spacial score (nSPS) is 13.7. The standard InChI is InChI=1S/C38H24O.C20H15BO2.C19H13O/c1-3-11-25(12-4-1)27-19-21-29-34-23-28(20-22-35(34)39-36(29)24-27)38-32-17-9-7-15-30(32)37(26-13-5-2-6-14-26)31-16-8-10-18-33(31)38;22-21(23)20-17-12-6-4-10-15(17)19(14-8-2-1-3-9-14)16-11-5-7-13-18(16)20;1-13-7-10-18-17(11-13)16-9-8-15(12-19(16)20-18)14-5-3-2-4-6-14/h1-24H;1-13,22-23H;3-12H,1H3/q;;+1/i2D,5D,6D,13D,14D;1D,2D,3D,8D,9D;. The van der Waals surface area contributed by atoms with Gasteiger partial charge in [-0.3, -0.25) is 0 Å². The summed E-state index contributed by atoms with van der Waals surface area (Å²) in [4.78, 5) is 0. The molecule has 0 bridgehead atoms. The largest absolute Gasteiger partial charge is 0.489 e. The highest BCUT2D eigenvalue weighted by molar-refractivity contribution is 6.66. The molecule has 0 spiro atoms. The number of rotatable bonds is 6. The van der Waals surface area contributed by atoms with Gasteiger partial charge in [-0.25, -0.2) is 0 Å². The SMILES string of the molecule is Cc1ccc2oc3cc(C4=CC=[C+]C=C4)ccc3c2c1.[2H]c1c([2H])c([2H])c(-c2c3ccccc3c(-c3ccc4oc5cc(-c6ccccc6)ccc5c4c3)c3ccccc23)c([2H])c1[2H].[2H]c1c([2H])c([2H])c(-c2c3ccccc3c(B(O)O)c3ccccc23)c([2H])c1[2H]. The number of allylic oxidation sites excluding steroid dienone is 6. The molecule has 0 saturated heterocycles. The summed E-state index contributed by atoms with van der Waals surface area (Å²) in [6, 6.07) is 62.0. The van der Waals surface area contributed by atoms with E-state index in [9.17, 15) is 10.0 Å². The maximum atomic E-state index is 10.0. The van der Waals surface area contributed by atoms with Crippen LogP contribution < -0.4 is 5.46 Å². The van der Waals surface area contributed by atoms with Crippen molar-refractivity contribution in [1.82, 2.24) is 0 Å². The van der Waals surface area contributed by atoms with Gasteiger partial charge in [-0.15, -0.1) is 0 Å². The molecule has 2 heterocycles. The topological polar surface area (TPSA) is 66.7 Å². The molecular formula is C77H52BO4+. The van der Waals surface area contributed by atoms with E-state index in [-0.39, 0.29) is 47.4 Å². The van der Waals surface area contributed by atoms with Gasteiger partial charge in [0.05, 0.1) is 31.4 Å². The highest BCUT2D eigenvalue weighted by Gasteiger charge is 2.23. The predicted octanol–water partition coefficient (Wildman–Crippen LogP) is 19.4. The minimum Gasteiger partial charge on any atom is -0.456 e. The second-order valence-corrected chi connectivity index (χ2v) is 20.1. The van der Waals surface area contributed by atoms with Crippen molar-refractivity contribution in [3.05, 3.63) is 302 Å². The summed E-state index contributed by atoms with van der Waals surface area (Å²) in [7, 11) is -1.72. The van der Waals surface area contributed by atoms with Crippen molar-refractivity contribution in [2.75, 3.05) is 0 Å². The van der Waals surface area contributed by atoms with Crippen molar-refractivity contribution in [1.29, 1.82) is 0 Å². The summed E-state index contributed by atoms with van der Waals surface area (Å²) < 4.78 is 95.4. The van der Waals surface area contributed by atoms with Gasteiger partial charge in [0, 0.05) is 33.2 Å². The van der Waals surface area contributed by atoms with Gasteiger partial charge in [0.25, 0.3) is 0 Å². The van der Waals surface area contributed by atoms with Gasteiger partial charge in [-0.05, 0) is 149 Å². The molecule has 2 N–H and O–H groups in total. The van der Waals surface area contributed by atoms with E-state index in [1.807, 2.05) is 91.0 Å². The van der Waals surface area contributed by atoms with Crippen LogP contribution in [0.3, 0.4) is 0 Å². The Bertz CT molecular complexity index is 5480. The fourth-order valence-electron chi connectivity index (χ4n) is 11.6. The van der Waals surface area contributed by atoms with E-state index >= 15 is 0 Å². The third-order valence-corrected chi connectivity index (χ3v) is 15.2. The molecule has 1 aliphatic carbocycles. The minimum absolute atomic E-state index is 0.0948. The van der Waals surface area contributed by atoms with Crippen LogP contribution in [0.5, 0.6) is 0 Å². The lowest BCUT2D eigenvalue weighted by Crippen LogP contribution is -2.31. The Labute approximate surface area is 489 Å². The first-order valence-corrected chi connectivity index (χ1v) is 26.9. The van der Waals surface area contributed by atoms with E-state index in [1.54, 1.807) is 48.5 Å². The van der Waals surface area contributed by atoms with Crippen molar-refractivity contribution in [3.63, 3.8) is 0 Å². The maximum absolute atomic E-state index is 10.0. The zero-order valence-electron chi connectivity index (χ0n) is 54.2. The van der Waals surface area contributed by atoms with E-state index in [4.69, 9.17) is 22.5 Å². The van der Waals surface area contributed by atoms with Gasteiger partial charge in [-0.1, -0.05) is 218 Å². The average molecular weight is 1060 g/mol. The van der Waals surface area contributed by atoms with Crippen molar-refractivity contribution < 1.29 is 32.6 Å². The van der Waals surface area contributed by atoms with E-state index in [2.05, 4.69) is 97.9 Å². The number of hydrogen-bond donors (Lipinski definition) is 2. The van der Waals surface area contributed by atoms with E-state index in [0.29, 0.717) is 38.1 Å². The van der Waals surface area contributed by atoms with Crippen molar-refractivity contribution >= 4 is 105 Å². The summed E-state index contributed by atoms with van der Waals surface area (Å²) in [6.07, 6.45) is 11.0. The Morgan fingerprint density at radius 3 is 1.32 bits per heavy atom. The van der Waals surface area contributed by atoms with Crippen molar-refractivity contribution in [3.8, 4) is 44.5 Å². The molecule has 16 rings (SSSR count). The van der Waals surface area contributed by atoms with Crippen molar-refractivity contribution in [2.45, 2.75) is 6.92 Å². The summed E-state index contributed by atoms with van der Waals surface area (Å²) >= 11 is 0. The molecule has 386 valence electrons. The first-order chi connectivity index (χ1) is 44.6. The lowest BCUT2D eigenvalue weighted by molar-refractivity contribution is 0.426. The number of aryl methyl sites for hydroxylation is 1. The molecule has 82 heavy (non-hydrogen) atoms. The monoisotopic (exact) mass is 1060 g/mol. The molecule has 0 fully saturated rings. The summed E-state index contributed by atoms with van der Waals surface area (Å²) in [5.74, 6) is 0. The van der Waals surface area contributed by atoms with E-state index < -0.39 is 31.3 Å². The Kier molecular flexibility index (Phi) is 10.4. The lowest BCUT2D eigenvalue weighted by atomic mass is 9.72. The maximum Gasteiger partial charge on any atom is 0.489 e. The number of benzene rings is 13. The van der Waals surface area contributed by atoms with Gasteiger partial charge in [0.15, 0.2) is 0 Å². The molecule has 2 aromatic heterocycles. The summed E-state index contributed by atoms with van der Waals surface area (Å²) in [6.45, 7) is 2.10.